The molecule has 1 unspecified atom stereocenters. The Morgan fingerprint density at radius 2 is 1.74 bits per heavy atom. The van der Waals surface area contributed by atoms with Crippen molar-refractivity contribution < 1.29 is 14.6 Å². The van der Waals surface area contributed by atoms with E-state index in [0.29, 0.717) is 16.9 Å². The van der Waals surface area contributed by atoms with E-state index in [1.807, 2.05) is 0 Å². The van der Waals surface area contributed by atoms with Crippen molar-refractivity contribution in [2.24, 2.45) is 0 Å². The lowest BCUT2D eigenvalue weighted by atomic mass is 10.1. The van der Waals surface area contributed by atoms with Crippen molar-refractivity contribution in [3.63, 3.8) is 0 Å². The molecule has 0 spiro atoms. The lowest BCUT2D eigenvalue weighted by Gasteiger charge is -2.05. The Kier molecular flexibility index (Phi) is 5.25. The van der Waals surface area contributed by atoms with E-state index < -0.39 is 12.1 Å². The molecular formula is C18H12N2O3. The zero-order chi connectivity index (χ0) is 16.7. The highest BCUT2D eigenvalue weighted by atomic mass is 16.5. The average Bonchev–Trinajstić information content (AvgIpc) is 2.61. The molecule has 0 amide bonds. The maximum atomic E-state index is 11.9. The lowest BCUT2D eigenvalue weighted by molar-refractivity contribution is 0.0735. The van der Waals surface area contributed by atoms with Gasteiger partial charge in [-0.25, -0.2) is 4.79 Å². The standard InChI is InChI=1S/C18H12N2O3/c19-11-15(17(21)12-20)10-13-6-8-16(9-7-13)23-18(22)14-4-2-1-3-5-14/h1-10,17,21H/b15-10-. The first-order chi connectivity index (χ1) is 11.1. The average molecular weight is 304 g/mol. The fraction of sp³-hybridized carbons (Fsp3) is 0.0556. The zero-order valence-corrected chi connectivity index (χ0v) is 12.0. The van der Waals surface area contributed by atoms with Gasteiger partial charge in [0.1, 0.15) is 5.75 Å². The van der Waals surface area contributed by atoms with Crippen LogP contribution in [0.25, 0.3) is 6.08 Å². The molecule has 1 N–H and O–H groups in total. The number of hydrogen-bond acceptors (Lipinski definition) is 5. The largest absolute Gasteiger partial charge is 0.423 e. The molecule has 2 aromatic rings. The molecule has 0 aliphatic rings. The minimum Gasteiger partial charge on any atom is -0.423 e. The number of hydrogen-bond donors (Lipinski definition) is 1. The molecule has 0 saturated carbocycles. The Bertz CT molecular complexity index is 797. The summed E-state index contributed by atoms with van der Waals surface area (Å²) in [7, 11) is 0. The van der Waals surface area contributed by atoms with Gasteiger partial charge >= 0.3 is 5.97 Å². The third-order valence-electron chi connectivity index (χ3n) is 2.97. The van der Waals surface area contributed by atoms with Crippen LogP contribution in [0.3, 0.4) is 0 Å². The van der Waals surface area contributed by atoms with Crippen molar-refractivity contribution >= 4 is 12.0 Å². The molecular weight excluding hydrogens is 292 g/mol. The first-order valence-electron chi connectivity index (χ1n) is 6.70. The number of nitrogens with zero attached hydrogens (tertiary/aromatic N) is 2. The van der Waals surface area contributed by atoms with Crippen molar-refractivity contribution in [3.8, 4) is 17.9 Å². The van der Waals surface area contributed by atoms with Gasteiger partial charge in [-0.15, -0.1) is 0 Å². The van der Waals surface area contributed by atoms with Gasteiger partial charge in [0.15, 0.2) is 6.10 Å². The highest BCUT2D eigenvalue weighted by Crippen LogP contribution is 2.17. The third-order valence-corrected chi connectivity index (χ3v) is 2.97. The van der Waals surface area contributed by atoms with Gasteiger partial charge < -0.3 is 9.84 Å². The van der Waals surface area contributed by atoms with E-state index in [1.54, 1.807) is 66.7 Å². The maximum absolute atomic E-state index is 11.9. The molecule has 0 heterocycles. The van der Waals surface area contributed by atoms with Gasteiger partial charge in [-0.05, 0) is 35.9 Å². The second-order valence-electron chi connectivity index (χ2n) is 4.57. The normalized spacial score (nSPS) is 11.9. The third kappa shape index (κ3) is 4.28. The summed E-state index contributed by atoms with van der Waals surface area (Å²) in [5.41, 5.74) is 0.997. The molecule has 0 bridgehead atoms. The SMILES string of the molecule is N#C/C(=C/c1ccc(OC(=O)c2ccccc2)cc1)C(O)C#N. The van der Waals surface area contributed by atoms with E-state index in [-0.39, 0.29) is 5.57 Å². The van der Waals surface area contributed by atoms with E-state index in [1.165, 1.54) is 6.08 Å². The van der Waals surface area contributed by atoms with E-state index in [4.69, 9.17) is 15.3 Å². The molecule has 0 saturated heterocycles. The van der Waals surface area contributed by atoms with Gasteiger partial charge in [-0.3, -0.25) is 0 Å². The van der Waals surface area contributed by atoms with Crippen LogP contribution in [-0.2, 0) is 0 Å². The van der Waals surface area contributed by atoms with Gasteiger partial charge in [0.25, 0.3) is 0 Å². The molecule has 2 aromatic carbocycles. The number of nitriles is 2. The van der Waals surface area contributed by atoms with Crippen LogP contribution >= 0.6 is 0 Å². The number of rotatable bonds is 4. The summed E-state index contributed by atoms with van der Waals surface area (Å²) in [5, 5.41) is 26.9. The number of esters is 1. The Morgan fingerprint density at radius 3 is 2.30 bits per heavy atom. The van der Waals surface area contributed by atoms with Gasteiger partial charge in [-0.1, -0.05) is 30.3 Å². The van der Waals surface area contributed by atoms with E-state index in [9.17, 15) is 9.90 Å². The molecule has 5 heteroatoms. The fourth-order valence-electron chi connectivity index (χ4n) is 1.79. The fourth-order valence-corrected chi connectivity index (χ4v) is 1.79. The van der Waals surface area contributed by atoms with Crippen LogP contribution in [0.5, 0.6) is 5.75 Å². The van der Waals surface area contributed by atoms with Crippen LogP contribution in [0.1, 0.15) is 15.9 Å². The summed E-state index contributed by atoms with van der Waals surface area (Å²) in [4.78, 5) is 11.9. The first-order valence-corrected chi connectivity index (χ1v) is 6.70. The zero-order valence-electron chi connectivity index (χ0n) is 12.0. The molecule has 2 rings (SSSR count). The van der Waals surface area contributed by atoms with Crippen molar-refractivity contribution in [3.05, 3.63) is 71.3 Å². The maximum Gasteiger partial charge on any atom is 0.343 e. The Balaban J connectivity index is 2.11. The molecule has 5 nitrogen and oxygen atoms in total. The van der Waals surface area contributed by atoms with Crippen LogP contribution in [-0.4, -0.2) is 17.2 Å². The molecule has 0 aliphatic carbocycles. The summed E-state index contributed by atoms with van der Waals surface area (Å²) in [6, 6.07) is 18.3. The molecule has 23 heavy (non-hydrogen) atoms. The summed E-state index contributed by atoms with van der Waals surface area (Å²) in [5.74, 6) is -0.109. The smallest absolute Gasteiger partial charge is 0.343 e. The molecule has 1 atom stereocenters. The monoisotopic (exact) mass is 304 g/mol. The minimum atomic E-state index is -1.46. The molecule has 0 aliphatic heterocycles. The van der Waals surface area contributed by atoms with Crippen LogP contribution < -0.4 is 4.74 Å². The van der Waals surface area contributed by atoms with Crippen LogP contribution in [0.15, 0.2) is 60.2 Å². The Hall–Kier alpha value is -3.41. The highest BCUT2D eigenvalue weighted by Gasteiger charge is 2.10. The molecule has 0 radical (unpaired) electrons. The van der Waals surface area contributed by atoms with Gasteiger partial charge in [-0.2, -0.15) is 10.5 Å². The predicted octanol–water partition coefficient (Wildman–Crippen LogP) is 2.70. The number of aliphatic hydroxyl groups is 1. The number of carbonyl (C=O) groups is 1. The molecule has 112 valence electrons. The quantitative estimate of drug-likeness (QED) is 0.405. The summed E-state index contributed by atoms with van der Waals surface area (Å²) < 4.78 is 5.23. The highest BCUT2D eigenvalue weighted by molar-refractivity contribution is 5.90. The number of aliphatic hydroxyl groups excluding tert-OH is 1. The minimum absolute atomic E-state index is 0.0541. The molecule has 0 aromatic heterocycles. The topological polar surface area (TPSA) is 94.1 Å². The second kappa shape index (κ2) is 7.56. The lowest BCUT2D eigenvalue weighted by Crippen LogP contribution is -2.08. The van der Waals surface area contributed by atoms with Gasteiger partial charge in [0, 0.05) is 0 Å². The summed E-state index contributed by atoms with van der Waals surface area (Å²) in [6.07, 6.45) is -0.0629. The van der Waals surface area contributed by atoms with E-state index >= 15 is 0 Å². The predicted molar refractivity (Wildman–Crippen MR) is 83.1 cm³/mol. The van der Waals surface area contributed by atoms with Crippen molar-refractivity contribution in [2.75, 3.05) is 0 Å². The van der Waals surface area contributed by atoms with Crippen molar-refractivity contribution in [2.45, 2.75) is 6.10 Å². The molecule has 0 fully saturated rings. The van der Waals surface area contributed by atoms with Crippen LogP contribution in [0, 0.1) is 22.7 Å². The van der Waals surface area contributed by atoms with Gasteiger partial charge in [0.2, 0.25) is 0 Å². The number of carbonyl (C=O) groups excluding carboxylic acids is 1. The van der Waals surface area contributed by atoms with Crippen molar-refractivity contribution in [1.29, 1.82) is 10.5 Å². The van der Waals surface area contributed by atoms with Crippen LogP contribution in [0.4, 0.5) is 0 Å². The first kappa shape index (κ1) is 16.0. The van der Waals surface area contributed by atoms with E-state index in [0.717, 1.165) is 0 Å². The van der Waals surface area contributed by atoms with E-state index in [2.05, 4.69) is 0 Å². The Morgan fingerprint density at radius 1 is 1.09 bits per heavy atom. The number of benzene rings is 2. The number of ether oxygens (including phenoxy) is 1. The van der Waals surface area contributed by atoms with Crippen LogP contribution in [0.2, 0.25) is 0 Å². The second-order valence-corrected chi connectivity index (χ2v) is 4.57. The van der Waals surface area contributed by atoms with Crippen molar-refractivity contribution in [1.82, 2.24) is 0 Å². The Labute approximate surface area is 133 Å². The summed E-state index contributed by atoms with van der Waals surface area (Å²) >= 11 is 0. The summed E-state index contributed by atoms with van der Waals surface area (Å²) in [6.45, 7) is 0. The van der Waals surface area contributed by atoms with Gasteiger partial charge in [0.05, 0.1) is 23.3 Å².